The van der Waals surface area contributed by atoms with E-state index in [1.54, 1.807) is 0 Å². The van der Waals surface area contributed by atoms with Crippen LogP contribution in [0.3, 0.4) is 0 Å². The van der Waals surface area contributed by atoms with E-state index < -0.39 is 28.6 Å². The molecule has 1 N–H and O–H groups in total. The highest BCUT2D eigenvalue weighted by molar-refractivity contribution is 5.89. The van der Waals surface area contributed by atoms with Crippen molar-refractivity contribution >= 4 is 11.7 Å². The molecular weight excluding hydrogens is 276 g/mol. The Bertz CT molecular complexity index is 684. The van der Waals surface area contributed by atoms with E-state index in [0.717, 1.165) is 12.3 Å². The van der Waals surface area contributed by atoms with Crippen LogP contribution < -0.4 is 0 Å². The fourth-order valence-electron chi connectivity index (χ4n) is 1.68. The summed E-state index contributed by atoms with van der Waals surface area (Å²) in [5.74, 6) is -1.54. The van der Waals surface area contributed by atoms with Crippen molar-refractivity contribution in [2.45, 2.75) is 6.43 Å². The maximum absolute atomic E-state index is 13.0. The minimum absolute atomic E-state index is 0.0120. The molecule has 0 fully saturated rings. The van der Waals surface area contributed by atoms with E-state index in [1.165, 1.54) is 18.2 Å². The minimum Gasteiger partial charge on any atom is -0.478 e. The predicted octanol–water partition coefficient (Wildman–Crippen LogP) is 2.42. The number of hydrogen-bond acceptors (Lipinski definition) is 4. The Morgan fingerprint density at radius 2 is 2.15 bits per heavy atom. The number of rotatable bonds is 4. The second kappa shape index (κ2) is 5.03. The quantitative estimate of drug-likeness (QED) is 0.686. The van der Waals surface area contributed by atoms with Crippen LogP contribution >= 0.6 is 0 Å². The van der Waals surface area contributed by atoms with Crippen LogP contribution in [0.4, 0.5) is 14.5 Å². The molecule has 0 unspecified atom stereocenters. The van der Waals surface area contributed by atoms with Gasteiger partial charge in [-0.2, -0.15) is 5.10 Å². The van der Waals surface area contributed by atoms with Gasteiger partial charge in [-0.3, -0.25) is 10.1 Å². The number of carboxylic acids is 1. The highest BCUT2D eigenvalue weighted by Crippen LogP contribution is 2.27. The van der Waals surface area contributed by atoms with E-state index in [2.05, 4.69) is 5.10 Å². The molecule has 0 aliphatic carbocycles. The molecule has 1 heterocycles. The third-order valence-electron chi connectivity index (χ3n) is 2.53. The SMILES string of the molecule is O=C(O)c1cnn(-c2cccc([N+](=O)[O-])c2)c1C(F)F. The molecule has 0 saturated carbocycles. The van der Waals surface area contributed by atoms with Crippen molar-refractivity contribution in [3.8, 4) is 5.69 Å². The summed E-state index contributed by atoms with van der Waals surface area (Å²) in [6, 6.07) is 4.83. The summed E-state index contributed by atoms with van der Waals surface area (Å²) >= 11 is 0. The maximum Gasteiger partial charge on any atom is 0.339 e. The van der Waals surface area contributed by atoms with Crippen molar-refractivity contribution in [1.82, 2.24) is 9.78 Å². The second-order valence-electron chi connectivity index (χ2n) is 3.74. The molecular formula is C11H7F2N3O4. The van der Waals surface area contributed by atoms with Gasteiger partial charge in [0.25, 0.3) is 12.1 Å². The number of benzene rings is 1. The highest BCUT2D eigenvalue weighted by Gasteiger charge is 2.25. The number of aromatic nitrogens is 2. The molecule has 2 rings (SSSR count). The fourth-order valence-corrected chi connectivity index (χ4v) is 1.68. The van der Waals surface area contributed by atoms with Crippen LogP contribution in [0.5, 0.6) is 0 Å². The van der Waals surface area contributed by atoms with Crippen molar-refractivity contribution in [1.29, 1.82) is 0 Å². The van der Waals surface area contributed by atoms with Gasteiger partial charge in [0.1, 0.15) is 11.3 Å². The molecule has 0 bridgehead atoms. The van der Waals surface area contributed by atoms with Crippen LogP contribution in [0, 0.1) is 10.1 Å². The number of non-ortho nitro benzene ring substituents is 1. The molecule has 0 amide bonds. The number of nitro benzene ring substituents is 1. The molecule has 0 saturated heterocycles. The van der Waals surface area contributed by atoms with Crippen LogP contribution in [0.15, 0.2) is 30.5 Å². The molecule has 0 aliphatic heterocycles. The highest BCUT2D eigenvalue weighted by atomic mass is 19.3. The molecule has 0 atom stereocenters. The fraction of sp³-hybridized carbons (Fsp3) is 0.0909. The zero-order valence-corrected chi connectivity index (χ0v) is 9.73. The van der Waals surface area contributed by atoms with E-state index in [9.17, 15) is 23.7 Å². The van der Waals surface area contributed by atoms with E-state index in [1.807, 2.05) is 0 Å². The van der Waals surface area contributed by atoms with E-state index in [4.69, 9.17) is 5.11 Å². The lowest BCUT2D eigenvalue weighted by atomic mass is 10.2. The van der Waals surface area contributed by atoms with Crippen LogP contribution in [0.1, 0.15) is 22.5 Å². The van der Waals surface area contributed by atoms with Gasteiger partial charge < -0.3 is 5.11 Å². The molecule has 0 radical (unpaired) electrons. The monoisotopic (exact) mass is 283 g/mol. The molecule has 1 aromatic carbocycles. The molecule has 7 nitrogen and oxygen atoms in total. The number of aromatic carboxylic acids is 1. The van der Waals surface area contributed by atoms with Gasteiger partial charge in [0.15, 0.2) is 0 Å². The summed E-state index contributed by atoms with van der Waals surface area (Å²) in [4.78, 5) is 20.8. The Labute approximate surface area is 110 Å². The maximum atomic E-state index is 13.0. The smallest absolute Gasteiger partial charge is 0.339 e. The molecule has 0 spiro atoms. The van der Waals surface area contributed by atoms with Crippen molar-refractivity contribution in [2.24, 2.45) is 0 Å². The van der Waals surface area contributed by atoms with Crippen LogP contribution in [-0.4, -0.2) is 25.8 Å². The minimum atomic E-state index is -3.08. The Morgan fingerprint density at radius 1 is 1.45 bits per heavy atom. The average Bonchev–Trinajstić information content (AvgIpc) is 2.83. The van der Waals surface area contributed by atoms with Crippen LogP contribution in [0.2, 0.25) is 0 Å². The van der Waals surface area contributed by atoms with Crippen molar-refractivity contribution in [2.75, 3.05) is 0 Å². The zero-order valence-electron chi connectivity index (χ0n) is 9.73. The normalized spacial score (nSPS) is 10.8. The second-order valence-corrected chi connectivity index (χ2v) is 3.74. The number of nitro groups is 1. The molecule has 0 aliphatic rings. The van der Waals surface area contributed by atoms with Gasteiger partial charge in [0.2, 0.25) is 0 Å². The predicted molar refractivity (Wildman–Crippen MR) is 62.1 cm³/mol. The number of carboxylic acid groups (broad SMARTS) is 1. The topological polar surface area (TPSA) is 98.3 Å². The first-order chi connectivity index (χ1) is 9.41. The summed E-state index contributed by atoms with van der Waals surface area (Å²) in [7, 11) is 0. The Morgan fingerprint density at radius 3 is 2.70 bits per heavy atom. The summed E-state index contributed by atoms with van der Waals surface area (Å²) in [6.07, 6.45) is -2.30. The lowest BCUT2D eigenvalue weighted by Crippen LogP contribution is -2.07. The van der Waals surface area contributed by atoms with Crippen LogP contribution in [0.25, 0.3) is 5.69 Å². The van der Waals surface area contributed by atoms with Gasteiger partial charge in [0.05, 0.1) is 16.8 Å². The number of hydrogen-bond donors (Lipinski definition) is 1. The van der Waals surface area contributed by atoms with Gasteiger partial charge in [-0.15, -0.1) is 0 Å². The number of carbonyl (C=O) groups is 1. The Kier molecular flexibility index (Phi) is 3.42. The van der Waals surface area contributed by atoms with Gasteiger partial charge in [-0.1, -0.05) is 6.07 Å². The van der Waals surface area contributed by atoms with E-state index >= 15 is 0 Å². The molecule has 104 valence electrons. The Balaban J connectivity index is 2.61. The third-order valence-corrected chi connectivity index (χ3v) is 2.53. The van der Waals surface area contributed by atoms with Gasteiger partial charge >= 0.3 is 5.97 Å². The summed E-state index contributed by atoms with van der Waals surface area (Å²) in [6.45, 7) is 0. The van der Waals surface area contributed by atoms with E-state index in [0.29, 0.717) is 4.68 Å². The van der Waals surface area contributed by atoms with Crippen molar-refractivity contribution in [3.63, 3.8) is 0 Å². The first kappa shape index (κ1) is 13.6. The molecule has 20 heavy (non-hydrogen) atoms. The lowest BCUT2D eigenvalue weighted by Gasteiger charge is -2.07. The standard InChI is InChI=1S/C11H7F2N3O4/c12-10(13)9-8(11(17)18)5-14-15(9)6-2-1-3-7(4-6)16(19)20/h1-5,10H,(H,17,18). The summed E-state index contributed by atoms with van der Waals surface area (Å²) in [5.41, 5.74) is -1.79. The number of nitrogens with zero attached hydrogens (tertiary/aromatic N) is 3. The van der Waals surface area contributed by atoms with Crippen molar-refractivity contribution in [3.05, 3.63) is 51.8 Å². The largest absolute Gasteiger partial charge is 0.478 e. The first-order valence-electron chi connectivity index (χ1n) is 5.26. The number of halogens is 2. The first-order valence-corrected chi connectivity index (χ1v) is 5.26. The third kappa shape index (κ3) is 2.32. The Hall–Kier alpha value is -2.84. The van der Waals surface area contributed by atoms with Crippen molar-refractivity contribution < 1.29 is 23.6 Å². The van der Waals surface area contributed by atoms with Gasteiger partial charge in [-0.05, 0) is 6.07 Å². The molecule has 2 aromatic rings. The van der Waals surface area contributed by atoms with Crippen LogP contribution in [-0.2, 0) is 0 Å². The van der Waals surface area contributed by atoms with Gasteiger partial charge in [0, 0.05) is 12.1 Å². The van der Waals surface area contributed by atoms with E-state index in [-0.39, 0.29) is 11.4 Å². The lowest BCUT2D eigenvalue weighted by molar-refractivity contribution is -0.384. The van der Waals surface area contributed by atoms with Gasteiger partial charge in [-0.25, -0.2) is 18.3 Å². The summed E-state index contributed by atoms with van der Waals surface area (Å²) in [5, 5.41) is 23.0. The summed E-state index contributed by atoms with van der Waals surface area (Å²) < 4.78 is 26.6. The average molecular weight is 283 g/mol. The zero-order chi connectivity index (χ0) is 14.9. The number of alkyl halides is 2. The molecule has 1 aromatic heterocycles. The molecule has 9 heteroatoms.